The fraction of sp³-hybridized carbons (Fsp3) is 0.581. The van der Waals surface area contributed by atoms with Crippen LogP contribution in [0.15, 0.2) is 34.9 Å². The van der Waals surface area contributed by atoms with Crippen molar-refractivity contribution in [3.05, 3.63) is 62.3 Å². The molecule has 0 saturated carbocycles. The molecule has 3 aliphatic rings. The molecule has 39 heavy (non-hydrogen) atoms. The third kappa shape index (κ3) is 6.79. The first-order valence-electron chi connectivity index (χ1n) is 14.3. The maximum Gasteiger partial charge on any atom is 0.317 e. The lowest BCUT2D eigenvalue weighted by atomic mass is 9.76. The normalized spacial score (nSPS) is 20.7. The van der Waals surface area contributed by atoms with E-state index in [0.717, 1.165) is 74.2 Å². The molecule has 6 nitrogen and oxygen atoms in total. The molecule has 0 bridgehead atoms. The number of nitrogens with one attached hydrogen (secondary N) is 1. The van der Waals surface area contributed by atoms with Crippen molar-refractivity contribution in [1.82, 2.24) is 20.1 Å². The van der Waals surface area contributed by atoms with Crippen LogP contribution in [0.4, 0.5) is 4.79 Å². The van der Waals surface area contributed by atoms with Crippen LogP contribution in [0.2, 0.25) is 5.02 Å². The minimum absolute atomic E-state index is 0.000118. The van der Waals surface area contributed by atoms with E-state index in [2.05, 4.69) is 44.3 Å². The van der Waals surface area contributed by atoms with E-state index in [0.29, 0.717) is 18.3 Å². The topological polar surface area (TPSA) is 65.5 Å². The molecule has 0 spiro atoms. The number of urea groups is 1. The second kappa shape index (κ2) is 11.8. The molecule has 2 aromatic rings. The quantitative estimate of drug-likeness (QED) is 0.424. The van der Waals surface area contributed by atoms with Gasteiger partial charge in [0.15, 0.2) is 0 Å². The summed E-state index contributed by atoms with van der Waals surface area (Å²) < 4.78 is 1.02. The number of carbonyl (C=O) groups excluding carboxylic acids is 2. The van der Waals surface area contributed by atoms with Gasteiger partial charge in [-0.25, -0.2) is 4.79 Å². The number of hydrogen-bond acceptors (Lipinski definition) is 3. The van der Waals surface area contributed by atoms with Crippen molar-refractivity contribution in [2.24, 2.45) is 11.8 Å². The van der Waals surface area contributed by atoms with Gasteiger partial charge in [0.25, 0.3) is 0 Å². The highest BCUT2D eigenvalue weighted by Crippen LogP contribution is 2.43. The van der Waals surface area contributed by atoms with Crippen LogP contribution in [0.1, 0.15) is 81.2 Å². The molecule has 1 aromatic heterocycles. The molecule has 2 fully saturated rings. The number of hydrogen-bond donors (Lipinski definition) is 1. The Hall–Kier alpha value is -2.12. The first kappa shape index (κ1) is 28.4. The zero-order valence-electron chi connectivity index (χ0n) is 23.3. The molecular formula is C31H40BrClN4O2. The lowest BCUT2D eigenvalue weighted by Gasteiger charge is -2.38. The minimum Gasteiger partial charge on any atom is -0.343 e. The maximum absolute atomic E-state index is 13.3. The van der Waals surface area contributed by atoms with E-state index in [-0.39, 0.29) is 23.4 Å². The standard InChI is InChI=1S/C31H40BrClN4O2/c1-31(2,3)35-30(39)37-12-8-20(9-13-37)16-27(38)36-14-10-21(11-15-36)28-26-7-6-25(33)18-22(26)4-5-23-17-24(32)19-34-29(23)28/h6-7,17-21,28H,4-5,8-16H2,1-3H3,(H,35,39)/t28-/m1/s1. The van der Waals surface area contributed by atoms with E-state index < -0.39 is 0 Å². The molecule has 1 N–H and O–H groups in total. The predicted molar refractivity (Wildman–Crippen MR) is 159 cm³/mol. The van der Waals surface area contributed by atoms with Crippen LogP contribution in [-0.4, -0.2) is 58.4 Å². The van der Waals surface area contributed by atoms with Crippen LogP contribution >= 0.6 is 27.5 Å². The summed E-state index contributed by atoms with van der Waals surface area (Å²) in [5, 5.41) is 3.83. The number of benzene rings is 1. The number of piperidine rings is 2. The van der Waals surface area contributed by atoms with E-state index in [9.17, 15) is 9.59 Å². The molecule has 0 unspecified atom stereocenters. The Morgan fingerprint density at radius 2 is 1.67 bits per heavy atom. The Bertz CT molecular complexity index is 1160. The zero-order valence-corrected chi connectivity index (χ0v) is 25.7. The first-order chi connectivity index (χ1) is 18.6. The van der Waals surface area contributed by atoms with Crippen molar-refractivity contribution < 1.29 is 9.59 Å². The molecule has 210 valence electrons. The van der Waals surface area contributed by atoms with Gasteiger partial charge in [-0.15, -0.1) is 0 Å². The SMILES string of the molecule is CC(C)(C)NC(=O)N1CCC(CC(=O)N2CCC([C@@H]3c4ccc(Cl)cc4CCc4cc(Br)cnc43)CC2)CC1. The monoisotopic (exact) mass is 614 g/mol. The van der Waals surface area contributed by atoms with Gasteiger partial charge >= 0.3 is 6.03 Å². The lowest BCUT2D eigenvalue weighted by Crippen LogP contribution is -2.51. The fourth-order valence-electron chi connectivity index (χ4n) is 6.56. The average Bonchev–Trinajstić information content (AvgIpc) is 3.04. The molecule has 5 rings (SSSR count). The van der Waals surface area contributed by atoms with Gasteiger partial charge in [0.1, 0.15) is 0 Å². The predicted octanol–water partition coefficient (Wildman–Crippen LogP) is 6.58. The number of amides is 3. The van der Waals surface area contributed by atoms with Crippen LogP contribution in [-0.2, 0) is 17.6 Å². The van der Waals surface area contributed by atoms with Gasteiger partial charge in [0.05, 0.1) is 5.69 Å². The van der Waals surface area contributed by atoms with E-state index in [1.54, 1.807) is 0 Å². The molecular weight excluding hydrogens is 576 g/mol. The average molecular weight is 616 g/mol. The fourth-order valence-corrected chi connectivity index (χ4v) is 7.13. The second-order valence-electron chi connectivity index (χ2n) is 12.6. The number of likely N-dealkylation sites (tertiary alicyclic amines) is 2. The Kier molecular flexibility index (Phi) is 8.58. The smallest absolute Gasteiger partial charge is 0.317 e. The number of halogens is 2. The summed E-state index contributed by atoms with van der Waals surface area (Å²) in [6.07, 6.45) is 8.15. The van der Waals surface area contributed by atoms with E-state index in [4.69, 9.17) is 16.6 Å². The van der Waals surface area contributed by atoms with Gasteiger partial charge in [-0.05, 0) is 122 Å². The van der Waals surface area contributed by atoms with Crippen molar-refractivity contribution in [3.8, 4) is 0 Å². The number of nitrogens with zero attached hydrogens (tertiary/aromatic N) is 3. The number of rotatable bonds is 3. The van der Waals surface area contributed by atoms with Crippen LogP contribution in [0.3, 0.4) is 0 Å². The summed E-state index contributed by atoms with van der Waals surface area (Å²) in [5.74, 6) is 1.27. The largest absolute Gasteiger partial charge is 0.343 e. The Labute approximate surface area is 246 Å². The molecule has 2 saturated heterocycles. The maximum atomic E-state index is 13.3. The molecule has 3 heterocycles. The van der Waals surface area contributed by atoms with Gasteiger partial charge in [-0.3, -0.25) is 9.78 Å². The molecule has 1 atom stereocenters. The van der Waals surface area contributed by atoms with Gasteiger partial charge in [0, 0.05) is 59.7 Å². The highest BCUT2D eigenvalue weighted by molar-refractivity contribution is 9.10. The van der Waals surface area contributed by atoms with Crippen LogP contribution in [0.25, 0.3) is 0 Å². The molecule has 8 heteroatoms. The summed E-state index contributed by atoms with van der Waals surface area (Å²) in [6, 6.07) is 8.56. The summed E-state index contributed by atoms with van der Waals surface area (Å²) in [6.45, 7) is 9.02. The minimum atomic E-state index is -0.239. The first-order valence-corrected chi connectivity index (χ1v) is 15.5. The summed E-state index contributed by atoms with van der Waals surface area (Å²) >= 11 is 10.0. The van der Waals surface area contributed by atoms with Crippen molar-refractivity contribution in [2.45, 2.75) is 77.2 Å². The van der Waals surface area contributed by atoms with Gasteiger partial charge in [-0.1, -0.05) is 17.7 Å². The molecule has 1 aromatic carbocycles. The van der Waals surface area contributed by atoms with E-state index in [1.165, 1.54) is 22.4 Å². The van der Waals surface area contributed by atoms with E-state index >= 15 is 0 Å². The lowest BCUT2D eigenvalue weighted by molar-refractivity contribution is -0.134. The number of carbonyl (C=O) groups is 2. The Balaban J connectivity index is 1.20. The number of fused-ring (bicyclic) bond motifs is 2. The molecule has 0 radical (unpaired) electrons. The Morgan fingerprint density at radius 3 is 2.36 bits per heavy atom. The van der Waals surface area contributed by atoms with Gasteiger partial charge < -0.3 is 15.1 Å². The number of aryl methyl sites for hydroxylation is 2. The van der Waals surface area contributed by atoms with E-state index in [1.807, 2.05) is 37.9 Å². The van der Waals surface area contributed by atoms with Crippen LogP contribution < -0.4 is 5.32 Å². The summed E-state index contributed by atoms with van der Waals surface area (Å²) in [4.78, 5) is 34.7. The van der Waals surface area contributed by atoms with Gasteiger partial charge in [-0.2, -0.15) is 0 Å². The highest BCUT2D eigenvalue weighted by atomic mass is 79.9. The van der Waals surface area contributed by atoms with Crippen molar-refractivity contribution in [3.63, 3.8) is 0 Å². The third-order valence-electron chi connectivity index (χ3n) is 8.58. The second-order valence-corrected chi connectivity index (χ2v) is 13.9. The van der Waals surface area contributed by atoms with Crippen molar-refractivity contribution in [1.29, 1.82) is 0 Å². The summed E-state index contributed by atoms with van der Waals surface area (Å²) in [5.41, 5.74) is 4.92. The molecule has 1 aliphatic carbocycles. The van der Waals surface area contributed by atoms with Crippen molar-refractivity contribution >= 4 is 39.5 Å². The van der Waals surface area contributed by atoms with Crippen LogP contribution in [0, 0.1) is 11.8 Å². The van der Waals surface area contributed by atoms with Gasteiger partial charge in [0.2, 0.25) is 5.91 Å². The third-order valence-corrected chi connectivity index (χ3v) is 9.25. The van der Waals surface area contributed by atoms with Crippen LogP contribution in [0.5, 0.6) is 0 Å². The molecule has 2 aliphatic heterocycles. The number of aromatic nitrogens is 1. The van der Waals surface area contributed by atoms with Crippen molar-refractivity contribution in [2.75, 3.05) is 26.2 Å². The number of pyridine rings is 1. The Morgan fingerprint density at radius 1 is 1.00 bits per heavy atom. The highest BCUT2D eigenvalue weighted by Gasteiger charge is 2.36. The summed E-state index contributed by atoms with van der Waals surface area (Å²) in [7, 11) is 0. The molecule has 3 amide bonds. The zero-order chi connectivity index (χ0) is 27.7.